The first-order valence-electron chi connectivity index (χ1n) is 7.38. The number of aromatic nitrogens is 1. The highest BCUT2D eigenvalue weighted by molar-refractivity contribution is 5.96. The van der Waals surface area contributed by atoms with E-state index in [4.69, 9.17) is 5.73 Å². The van der Waals surface area contributed by atoms with Crippen molar-refractivity contribution in [1.82, 2.24) is 4.57 Å². The normalized spacial score (nSPS) is 13.8. The second-order valence-corrected chi connectivity index (χ2v) is 5.68. The van der Waals surface area contributed by atoms with Crippen molar-refractivity contribution < 1.29 is 4.79 Å². The molecule has 0 unspecified atom stereocenters. The molecule has 0 radical (unpaired) electrons. The molecule has 1 aliphatic rings. The number of carbonyl (C=O) groups excluding carboxylic acids is 1. The Balaban J connectivity index is 1.95. The molecule has 0 spiro atoms. The van der Waals surface area contributed by atoms with Gasteiger partial charge in [0.15, 0.2) is 0 Å². The number of rotatable bonds is 3. The van der Waals surface area contributed by atoms with Crippen LogP contribution >= 0.6 is 0 Å². The largest absolute Gasteiger partial charge is 0.367 e. The van der Waals surface area contributed by atoms with Crippen LogP contribution in [0.2, 0.25) is 0 Å². The molecule has 2 aromatic rings. The first-order valence-corrected chi connectivity index (χ1v) is 7.38. The zero-order valence-electron chi connectivity index (χ0n) is 12.6. The summed E-state index contributed by atoms with van der Waals surface area (Å²) in [5, 5.41) is 0. The van der Waals surface area contributed by atoms with Crippen LogP contribution in [0.25, 0.3) is 0 Å². The van der Waals surface area contributed by atoms with Gasteiger partial charge in [-0.25, -0.2) is 0 Å². The molecule has 0 saturated heterocycles. The van der Waals surface area contributed by atoms with Crippen LogP contribution in [-0.4, -0.2) is 17.0 Å². The summed E-state index contributed by atoms with van der Waals surface area (Å²) in [4.78, 5) is 25.5. The number of aryl methyl sites for hydroxylation is 1. The van der Waals surface area contributed by atoms with Gasteiger partial charge in [0.1, 0.15) is 0 Å². The number of pyridine rings is 1. The zero-order valence-corrected chi connectivity index (χ0v) is 12.6. The van der Waals surface area contributed by atoms with E-state index in [-0.39, 0.29) is 11.5 Å². The topological polar surface area (TPSA) is 68.3 Å². The van der Waals surface area contributed by atoms with Crippen LogP contribution in [0.1, 0.15) is 27.9 Å². The van der Waals surface area contributed by atoms with Crippen molar-refractivity contribution in [3.05, 3.63) is 63.6 Å². The van der Waals surface area contributed by atoms with Crippen molar-refractivity contribution in [2.75, 3.05) is 11.4 Å². The molecule has 2 N–H and O–H groups in total. The quantitative estimate of drug-likeness (QED) is 0.932. The number of benzene rings is 1. The van der Waals surface area contributed by atoms with Gasteiger partial charge in [0.05, 0.1) is 0 Å². The molecule has 114 valence electrons. The van der Waals surface area contributed by atoms with Crippen molar-refractivity contribution in [2.24, 2.45) is 12.8 Å². The highest BCUT2D eigenvalue weighted by Gasteiger charge is 2.21. The van der Waals surface area contributed by atoms with Gasteiger partial charge in [-0.2, -0.15) is 0 Å². The first kappa shape index (κ1) is 14.4. The highest BCUT2D eigenvalue weighted by Crippen LogP contribution is 2.30. The van der Waals surface area contributed by atoms with Crippen LogP contribution in [-0.2, 0) is 20.0 Å². The molecular formula is C17H19N3O2. The van der Waals surface area contributed by atoms with E-state index in [0.717, 1.165) is 36.2 Å². The number of nitrogens with zero attached hydrogens (tertiary/aromatic N) is 2. The third-order valence-electron chi connectivity index (χ3n) is 4.15. The fourth-order valence-electron chi connectivity index (χ4n) is 3.00. The van der Waals surface area contributed by atoms with Gasteiger partial charge in [0.2, 0.25) is 5.91 Å². The van der Waals surface area contributed by atoms with Crippen LogP contribution in [0, 0.1) is 0 Å². The third-order valence-corrected chi connectivity index (χ3v) is 4.15. The lowest BCUT2D eigenvalue weighted by atomic mass is 9.95. The average molecular weight is 297 g/mol. The van der Waals surface area contributed by atoms with E-state index in [9.17, 15) is 9.59 Å². The van der Waals surface area contributed by atoms with Crippen LogP contribution in [0.15, 0.2) is 41.3 Å². The van der Waals surface area contributed by atoms with Gasteiger partial charge in [-0.15, -0.1) is 0 Å². The van der Waals surface area contributed by atoms with Gasteiger partial charge < -0.3 is 15.2 Å². The molecule has 2 heterocycles. The van der Waals surface area contributed by atoms with E-state index in [1.54, 1.807) is 29.9 Å². The first-order chi connectivity index (χ1) is 10.6. The van der Waals surface area contributed by atoms with Crippen LogP contribution in [0.4, 0.5) is 5.69 Å². The van der Waals surface area contributed by atoms with E-state index in [0.29, 0.717) is 12.1 Å². The Bertz CT molecular complexity index is 780. The Morgan fingerprint density at radius 2 is 2.14 bits per heavy atom. The number of fused-ring (bicyclic) bond motifs is 1. The monoisotopic (exact) mass is 297 g/mol. The highest BCUT2D eigenvalue weighted by atomic mass is 16.1. The van der Waals surface area contributed by atoms with Crippen molar-refractivity contribution in [2.45, 2.75) is 19.4 Å². The van der Waals surface area contributed by atoms with Gasteiger partial charge in [-0.05, 0) is 42.2 Å². The van der Waals surface area contributed by atoms with E-state index >= 15 is 0 Å². The van der Waals surface area contributed by atoms with Crippen molar-refractivity contribution in [3.63, 3.8) is 0 Å². The summed E-state index contributed by atoms with van der Waals surface area (Å²) in [6, 6.07) is 9.27. The number of carbonyl (C=O) groups is 1. The number of amides is 1. The van der Waals surface area contributed by atoms with Gasteiger partial charge in [0.25, 0.3) is 5.56 Å². The lowest BCUT2D eigenvalue weighted by molar-refractivity contribution is 0.0999. The lowest BCUT2D eigenvalue weighted by Crippen LogP contribution is -2.31. The summed E-state index contributed by atoms with van der Waals surface area (Å²) in [7, 11) is 1.74. The molecule has 3 rings (SSSR count). The summed E-state index contributed by atoms with van der Waals surface area (Å²) >= 11 is 0. The lowest BCUT2D eigenvalue weighted by Gasteiger charge is -2.32. The molecule has 1 amide bonds. The number of hydrogen-bond acceptors (Lipinski definition) is 3. The minimum Gasteiger partial charge on any atom is -0.367 e. The number of primary amides is 1. The molecule has 5 nitrogen and oxygen atoms in total. The maximum atomic E-state index is 11.8. The Morgan fingerprint density at radius 3 is 2.86 bits per heavy atom. The summed E-state index contributed by atoms with van der Waals surface area (Å²) < 4.78 is 1.55. The summed E-state index contributed by atoms with van der Waals surface area (Å²) in [6.45, 7) is 1.57. The summed E-state index contributed by atoms with van der Waals surface area (Å²) in [6.07, 6.45) is 3.62. The number of anilines is 1. The average Bonchev–Trinajstić information content (AvgIpc) is 2.50. The van der Waals surface area contributed by atoms with Gasteiger partial charge >= 0.3 is 0 Å². The maximum absolute atomic E-state index is 11.8. The smallest absolute Gasteiger partial charge is 0.250 e. The third kappa shape index (κ3) is 2.62. The van der Waals surface area contributed by atoms with Gasteiger partial charge in [0, 0.05) is 43.7 Å². The maximum Gasteiger partial charge on any atom is 0.250 e. The van der Waals surface area contributed by atoms with Gasteiger partial charge in [-0.1, -0.05) is 6.07 Å². The van der Waals surface area contributed by atoms with Crippen LogP contribution < -0.4 is 16.2 Å². The molecule has 0 atom stereocenters. The van der Waals surface area contributed by atoms with Crippen LogP contribution in [0.3, 0.4) is 0 Å². The predicted molar refractivity (Wildman–Crippen MR) is 86.0 cm³/mol. The molecular weight excluding hydrogens is 278 g/mol. The van der Waals surface area contributed by atoms with E-state index < -0.39 is 0 Å². The fraction of sp³-hybridized carbons (Fsp3) is 0.294. The molecule has 0 saturated carbocycles. The van der Waals surface area contributed by atoms with Gasteiger partial charge in [-0.3, -0.25) is 9.59 Å². The van der Waals surface area contributed by atoms with Crippen molar-refractivity contribution >= 4 is 11.6 Å². The molecule has 0 aliphatic carbocycles. The Hall–Kier alpha value is -2.56. The molecule has 5 heteroatoms. The van der Waals surface area contributed by atoms with E-state index in [1.807, 2.05) is 18.2 Å². The molecule has 0 fully saturated rings. The standard InChI is InChI=1S/C17H19N3O2/c1-19-9-7-12(10-16(19)21)11-20-8-3-5-13-14(17(18)22)4-2-6-15(13)20/h2,4,6-7,9-10H,3,5,8,11H2,1H3,(H2,18,22). The second kappa shape index (κ2) is 5.67. The Morgan fingerprint density at radius 1 is 1.32 bits per heavy atom. The Kier molecular flexibility index (Phi) is 3.71. The SMILES string of the molecule is Cn1ccc(CN2CCCc3c(C(N)=O)cccc32)cc1=O. The van der Waals surface area contributed by atoms with Crippen molar-refractivity contribution in [3.8, 4) is 0 Å². The number of nitrogens with two attached hydrogens (primary N) is 1. The molecule has 1 aromatic carbocycles. The van der Waals surface area contributed by atoms with E-state index in [1.165, 1.54) is 0 Å². The molecule has 22 heavy (non-hydrogen) atoms. The predicted octanol–water partition coefficient (Wildman–Crippen LogP) is 1.44. The zero-order chi connectivity index (χ0) is 15.7. The van der Waals surface area contributed by atoms with E-state index in [2.05, 4.69) is 4.90 Å². The summed E-state index contributed by atoms with van der Waals surface area (Å²) in [5.74, 6) is -0.382. The minimum absolute atomic E-state index is 0.0133. The summed E-state index contributed by atoms with van der Waals surface area (Å²) in [5.41, 5.74) is 9.10. The fourth-order valence-corrected chi connectivity index (χ4v) is 3.00. The molecule has 0 bridgehead atoms. The Labute approximate surface area is 129 Å². The number of hydrogen-bond donors (Lipinski definition) is 1. The molecule has 1 aliphatic heterocycles. The van der Waals surface area contributed by atoms with Crippen LogP contribution in [0.5, 0.6) is 0 Å². The molecule has 1 aromatic heterocycles. The van der Waals surface area contributed by atoms with Crippen molar-refractivity contribution in [1.29, 1.82) is 0 Å². The second-order valence-electron chi connectivity index (χ2n) is 5.68. The minimum atomic E-state index is -0.382.